The predicted molar refractivity (Wildman–Crippen MR) is 83.4 cm³/mol. The fourth-order valence-electron chi connectivity index (χ4n) is 2.48. The van der Waals surface area contributed by atoms with Crippen LogP contribution in [0.25, 0.3) is 11.4 Å². The normalized spacial score (nSPS) is 22.6. The Labute approximate surface area is 130 Å². The molecule has 2 unspecified atom stereocenters. The molecule has 21 heavy (non-hydrogen) atoms. The van der Waals surface area contributed by atoms with E-state index in [9.17, 15) is 4.39 Å². The molecule has 1 aromatic heterocycles. The first kappa shape index (κ1) is 14.5. The first-order chi connectivity index (χ1) is 10.1. The summed E-state index contributed by atoms with van der Waals surface area (Å²) in [7, 11) is 0. The van der Waals surface area contributed by atoms with Gasteiger partial charge in [0.05, 0.1) is 4.47 Å². The summed E-state index contributed by atoms with van der Waals surface area (Å²) in [4.78, 5) is 6.54. The highest BCUT2D eigenvalue weighted by Gasteiger charge is 2.25. The van der Waals surface area contributed by atoms with Gasteiger partial charge in [-0.05, 0) is 40.4 Å². The van der Waals surface area contributed by atoms with Gasteiger partial charge in [-0.15, -0.1) is 5.10 Å². The molecule has 2 heterocycles. The molecule has 1 saturated heterocycles. The van der Waals surface area contributed by atoms with E-state index < -0.39 is 0 Å². The zero-order valence-electron chi connectivity index (χ0n) is 11.7. The lowest BCUT2D eigenvalue weighted by atomic mass is 9.95. The fourth-order valence-corrected chi connectivity index (χ4v) is 2.93. The summed E-state index contributed by atoms with van der Waals surface area (Å²) in [5, 5.41) is 7.11. The van der Waals surface area contributed by atoms with Crippen molar-refractivity contribution in [3.05, 3.63) is 28.5 Å². The molecular weight excluding hydrogens is 337 g/mol. The molecule has 0 aliphatic carbocycles. The average molecular weight is 354 g/mol. The molecule has 1 aliphatic heterocycles. The lowest BCUT2D eigenvalue weighted by molar-refractivity contribution is 0.376. The number of nitrogens with two attached hydrogens (primary N) is 1. The van der Waals surface area contributed by atoms with Crippen LogP contribution < -0.4 is 10.6 Å². The number of H-pyrrole nitrogens is 1. The molecule has 2 atom stereocenters. The molecule has 1 aliphatic rings. The number of nitrogens with zero attached hydrogens (tertiary/aromatic N) is 3. The molecule has 112 valence electrons. The van der Waals surface area contributed by atoms with Crippen molar-refractivity contribution in [1.29, 1.82) is 0 Å². The molecule has 1 aromatic carbocycles. The highest BCUT2D eigenvalue weighted by atomic mass is 79.9. The second-order valence-electron chi connectivity index (χ2n) is 5.46. The van der Waals surface area contributed by atoms with Gasteiger partial charge in [-0.3, -0.25) is 5.10 Å². The van der Waals surface area contributed by atoms with Gasteiger partial charge in [-0.1, -0.05) is 13.0 Å². The molecular formula is C14H17BrFN5. The first-order valence-corrected chi connectivity index (χ1v) is 7.73. The number of benzene rings is 1. The summed E-state index contributed by atoms with van der Waals surface area (Å²) < 4.78 is 14.0. The van der Waals surface area contributed by atoms with Crippen molar-refractivity contribution < 1.29 is 4.39 Å². The second-order valence-corrected chi connectivity index (χ2v) is 6.25. The standard InChI is InChI=1S/C14H17BrFN5/c1-8-5-6-21(7-11(8)17)14-18-13(19-20-14)9-3-2-4-10(16)12(9)15/h2-4,8,11H,5-7,17H2,1H3,(H,18,19,20). The van der Waals surface area contributed by atoms with E-state index in [1.165, 1.54) is 6.07 Å². The third kappa shape index (κ3) is 2.80. The fraction of sp³-hybridized carbons (Fsp3) is 0.429. The van der Waals surface area contributed by atoms with Crippen molar-refractivity contribution in [1.82, 2.24) is 15.2 Å². The minimum Gasteiger partial charge on any atom is -0.338 e. The maximum absolute atomic E-state index is 13.6. The Morgan fingerprint density at radius 3 is 3.05 bits per heavy atom. The van der Waals surface area contributed by atoms with Gasteiger partial charge in [-0.2, -0.15) is 4.98 Å². The van der Waals surface area contributed by atoms with Crippen molar-refractivity contribution in [2.45, 2.75) is 19.4 Å². The summed E-state index contributed by atoms with van der Waals surface area (Å²) >= 11 is 3.24. The maximum Gasteiger partial charge on any atom is 0.245 e. The van der Waals surface area contributed by atoms with E-state index in [-0.39, 0.29) is 11.9 Å². The monoisotopic (exact) mass is 353 g/mol. The summed E-state index contributed by atoms with van der Waals surface area (Å²) in [6.45, 7) is 3.79. The minimum absolute atomic E-state index is 0.126. The van der Waals surface area contributed by atoms with Crippen LogP contribution >= 0.6 is 15.9 Å². The largest absolute Gasteiger partial charge is 0.338 e. The zero-order chi connectivity index (χ0) is 15.0. The lowest BCUT2D eigenvalue weighted by Gasteiger charge is -2.34. The summed E-state index contributed by atoms with van der Waals surface area (Å²) in [5.41, 5.74) is 6.76. The molecule has 1 fully saturated rings. The zero-order valence-corrected chi connectivity index (χ0v) is 13.3. The molecule has 0 radical (unpaired) electrons. The number of rotatable bonds is 2. The highest BCUT2D eigenvalue weighted by Crippen LogP contribution is 2.29. The smallest absolute Gasteiger partial charge is 0.245 e. The van der Waals surface area contributed by atoms with Crippen molar-refractivity contribution >= 4 is 21.9 Å². The highest BCUT2D eigenvalue weighted by molar-refractivity contribution is 9.10. The van der Waals surface area contributed by atoms with Gasteiger partial charge in [0.2, 0.25) is 5.95 Å². The first-order valence-electron chi connectivity index (χ1n) is 6.93. The van der Waals surface area contributed by atoms with E-state index in [0.29, 0.717) is 27.7 Å². The molecule has 2 aromatic rings. The molecule has 0 saturated carbocycles. The van der Waals surface area contributed by atoms with Crippen LogP contribution in [0.2, 0.25) is 0 Å². The van der Waals surface area contributed by atoms with Crippen molar-refractivity contribution in [2.24, 2.45) is 11.7 Å². The Kier molecular flexibility index (Phi) is 3.95. The quantitative estimate of drug-likeness (QED) is 0.870. The van der Waals surface area contributed by atoms with Gasteiger partial charge in [0, 0.05) is 24.7 Å². The van der Waals surface area contributed by atoms with Crippen LogP contribution in [-0.2, 0) is 0 Å². The van der Waals surface area contributed by atoms with Gasteiger partial charge in [0.15, 0.2) is 5.82 Å². The Bertz CT molecular complexity index is 644. The summed E-state index contributed by atoms with van der Waals surface area (Å²) in [5.74, 6) is 1.35. The third-order valence-electron chi connectivity index (χ3n) is 3.98. The number of aromatic nitrogens is 3. The Balaban J connectivity index is 1.85. The van der Waals surface area contributed by atoms with Crippen LogP contribution in [0.5, 0.6) is 0 Å². The molecule has 0 amide bonds. The van der Waals surface area contributed by atoms with Gasteiger partial charge in [0.25, 0.3) is 0 Å². The van der Waals surface area contributed by atoms with Crippen LogP contribution in [0.1, 0.15) is 13.3 Å². The van der Waals surface area contributed by atoms with E-state index in [4.69, 9.17) is 5.73 Å². The Morgan fingerprint density at radius 2 is 2.29 bits per heavy atom. The molecule has 0 spiro atoms. The molecule has 7 heteroatoms. The van der Waals surface area contributed by atoms with Crippen molar-refractivity contribution in [3.8, 4) is 11.4 Å². The molecule has 0 bridgehead atoms. The van der Waals surface area contributed by atoms with E-state index in [0.717, 1.165) is 19.5 Å². The van der Waals surface area contributed by atoms with Gasteiger partial charge < -0.3 is 10.6 Å². The van der Waals surface area contributed by atoms with E-state index in [1.54, 1.807) is 12.1 Å². The topological polar surface area (TPSA) is 70.8 Å². The van der Waals surface area contributed by atoms with Crippen LogP contribution in [0.15, 0.2) is 22.7 Å². The van der Waals surface area contributed by atoms with Crippen LogP contribution in [-0.4, -0.2) is 34.3 Å². The number of hydrogen-bond donors (Lipinski definition) is 2. The Hall–Kier alpha value is -1.47. The average Bonchev–Trinajstić information content (AvgIpc) is 2.94. The van der Waals surface area contributed by atoms with Gasteiger partial charge >= 0.3 is 0 Å². The van der Waals surface area contributed by atoms with Gasteiger partial charge in [-0.25, -0.2) is 4.39 Å². The number of halogens is 2. The van der Waals surface area contributed by atoms with Crippen molar-refractivity contribution in [2.75, 3.05) is 18.0 Å². The summed E-state index contributed by atoms with van der Waals surface area (Å²) in [6, 6.07) is 4.97. The molecule has 5 nitrogen and oxygen atoms in total. The number of anilines is 1. The lowest BCUT2D eigenvalue weighted by Crippen LogP contribution is -2.48. The van der Waals surface area contributed by atoms with E-state index >= 15 is 0 Å². The SMILES string of the molecule is CC1CCN(c2n[nH]c(-c3cccc(F)c3Br)n2)CC1N. The Morgan fingerprint density at radius 1 is 1.48 bits per heavy atom. The van der Waals surface area contributed by atoms with Crippen LogP contribution in [0, 0.1) is 11.7 Å². The van der Waals surface area contributed by atoms with Crippen LogP contribution in [0.4, 0.5) is 10.3 Å². The number of aromatic amines is 1. The third-order valence-corrected chi connectivity index (χ3v) is 4.79. The summed E-state index contributed by atoms with van der Waals surface area (Å²) in [6.07, 6.45) is 1.02. The van der Waals surface area contributed by atoms with Crippen LogP contribution in [0.3, 0.4) is 0 Å². The second kappa shape index (κ2) is 5.73. The van der Waals surface area contributed by atoms with E-state index in [2.05, 4.69) is 42.9 Å². The number of nitrogens with one attached hydrogen (secondary N) is 1. The molecule has 3 rings (SSSR count). The minimum atomic E-state index is -0.320. The number of piperidine rings is 1. The van der Waals surface area contributed by atoms with Crippen molar-refractivity contribution in [3.63, 3.8) is 0 Å². The van der Waals surface area contributed by atoms with Gasteiger partial charge in [0.1, 0.15) is 5.82 Å². The maximum atomic E-state index is 13.6. The molecule has 3 N–H and O–H groups in total. The van der Waals surface area contributed by atoms with E-state index in [1.807, 2.05) is 0 Å². The number of hydrogen-bond acceptors (Lipinski definition) is 4. The predicted octanol–water partition coefficient (Wildman–Crippen LogP) is 2.55.